The number of anilines is 6. The number of para-hydroxylation sites is 4. The average molecular weight is 1280 g/mol. The first-order valence-corrected chi connectivity index (χ1v) is 35.0. The highest BCUT2D eigenvalue weighted by atomic mass is 32.1. The zero-order valence-corrected chi connectivity index (χ0v) is 54.9. The molecule has 6 aromatic heterocycles. The van der Waals surface area contributed by atoms with Crippen molar-refractivity contribution in [2.24, 2.45) is 0 Å². The van der Waals surface area contributed by atoms with Crippen LogP contribution in [0.25, 0.3) is 76.4 Å². The summed E-state index contributed by atoms with van der Waals surface area (Å²) < 4.78 is 0. The van der Waals surface area contributed by atoms with Crippen LogP contribution in [0.4, 0.5) is 34.4 Å². The molecule has 0 unspecified atom stereocenters. The summed E-state index contributed by atoms with van der Waals surface area (Å²) in [6.07, 6.45) is 0. The van der Waals surface area contributed by atoms with Gasteiger partial charge in [0.15, 0.2) is 29.1 Å². The minimum absolute atomic E-state index is 0.357. The summed E-state index contributed by atoms with van der Waals surface area (Å²) in [6, 6.07) is 86.5. The molecule has 0 radical (unpaired) electrons. The molecular weight excluding hydrogens is 1230 g/mol. The molecule has 4 aliphatic rings. The van der Waals surface area contributed by atoms with Gasteiger partial charge >= 0.3 is 0 Å². The van der Waals surface area contributed by atoms with Crippen molar-refractivity contribution in [3.63, 3.8) is 0 Å². The van der Waals surface area contributed by atoms with E-state index < -0.39 is 5.41 Å². The number of thiophene rings is 4. The predicted molar refractivity (Wildman–Crippen MR) is 388 cm³/mol. The van der Waals surface area contributed by atoms with E-state index >= 15 is 0 Å². The van der Waals surface area contributed by atoms with Crippen molar-refractivity contribution in [1.82, 2.24) is 29.9 Å². The predicted octanol–water partition coefficient (Wildman–Crippen LogP) is 21.9. The third-order valence-corrected chi connectivity index (χ3v) is 23.0. The summed E-state index contributed by atoms with van der Waals surface area (Å²) in [5, 5.41) is 8.99. The van der Waals surface area contributed by atoms with E-state index in [1.54, 1.807) is 0 Å². The van der Waals surface area contributed by atoms with Gasteiger partial charge in [0.05, 0.1) is 33.6 Å². The molecule has 0 N–H and O–H groups in total. The molecule has 2 aliphatic carbocycles. The number of hydrogen-bond acceptors (Lipinski definition) is 12. The monoisotopic (exact) mass is 1280 g/mol. The Morgan fingerprint density at radius 3 is 1.00 bits per heavy atom. The molecular formula is C82H56N8S4. The first kappa shape index (κ1) is 56.2. The number of fused-ring (bicyclic) bond motifs is 18. The quantitative estimate of drug-likeness (QED) is 0.156. The molecule has 9 aromatic carbocycles. The Kier molecular flexibility index (Phi) is 13.2. The second-order valence-electron chi connectivity index (χ2n) is 24.4. The van der Waals surface area contributed by atoms with Gasteiger partial charge in [0.2, 0.25) is 5.95 Å². The zero-order valence-electron chi connectivity index (χ0n) is 51.6. The number of benzene rings is 9. The molecule has 2 aliphatic heterocycles. The Hall–Kier alpha value is -10.6. The van der Waals surface area contributed by atoms with Gasteiger partial charge in [0.25, 0.3) is 0 Å². The van der Waals surface area contributed by atoms with Crippen molar-refractivity contribution < 1.29 is 0 Å². The van der Waals surface area contributed by atoms with E-state index in [1.807, 2.05) is 81.7 Å². The van der Waals surface area contributed by atoms with Gasteiger partial charge in [-0.25, -0.2) is 19.9 Å². The Morgan fingerprint density at radius 1 is 0.266 bits per heavy atom. The van der Waals surface area contributed by atoms with E-state index in [9.17, 15) is 0 Å². The molecule has 0 amide bonds. The van der Waals surface area contributed by atoms with Gasteiger partial charge in [0, 0.05) is 53.0 Å². The molecule has 8 heterocycles. The summed E-state index contributed by atoms with van der Waals surface area (Å²) in [7, 11) is 0. The highest BCUT2D eigenvalue weighted by Gasteiger charge is 2.55. The number of aromatic nitrogens is 6. The number of hydrogen-bond donors (Lipinski definition) is 0. The molecule has 0 fully saturated rings. The minimum atomic E-state index is -0.403. The maximum absolute atomic E-state index is 5.21. The third-order valence-electron chi connectivity index (χ3n) is 19.0. The largest absolute Gasteiger partial charge is 0.310 e. The SMILES string of the molecule is Cc1cc(N2c3ccccc3C3(c4ccccc42)c2ccsc2-c2sccc23)c(C)cc1-c1nc(-c2ccccc2)nc(-c2ccccc2)n1.Cc1cccc(-c2nc(-c3cccc(C)c3)nc(N3c4ccccc4C4(c5ccccc53)c3ccsc3-c3sccc34)n2)c1. The maximum atomic E-state index is 5.21. The van der Waals surface area contributed by atoms with Crippen molar-refractivity contribution in [2.75, 3.05) is 9.80 Å². The highest BCUT2D eigenvalue weighted by Crippen LogP contribution is 2.67. The van der Waals surface area contributed by atoms with Crippen LogP contribution in [-0.4, -0.2) is 29.9 Å². The summed E-state index contributed by atoms with van der Waals surface area (Å²) >= 11 is 7.39. The van der Waals surface area contributed by atoms with Crippen molar-refractivity contribution >= 4 is 79.7 Å². The standard InChI is InChI=1S/C44H30N4S2.C38H26N4S2/c1-27-26-38(28(2)25-31(27)43-46-41(29-13-5-3-6-14-29)45-42(47-43)30-15-7-4-8-16-30)48-36-19-11-9-17-32(36)44(33-18-10-12-20-37(33)48)34-21-23-49-39(34)40-35(44)22-24-50-40;1-23-9-7-11-25(21-23)35-39-36(26-12-8-10-24(2)22-26)41-37(40-35)42-31-15-5-3-13-27(31)38(28-14-4-6-16-32(28)42)29-17-19-43-33(29)34-30(38)18-20-44-34/h3-26H,1-2H3;3-22H,1-2H3. The Bertz CT molecular complexity index is 5210. The average Bonchev–Trinajstić information content (AvgIpc) is 1.47. The van der Waals surface area contributed by atoms with E-state index in [-0.39, 0.29) is 5.41 Å². The van der Waals surface area contributed by atoms with Crippen molar-refractivity contribution in [1.29, 1.82) is 0 Å². The lowest BCUT2D eigenvalue weighted by molar-refractivity contribution is 0.752. The molecule has 94 heavy (non-hydrogen) atoms. The summed E-state index contributed by atoms with van der Waals surface area (Å²) in [4.78, 5) is 40.7. The normalized spacial score (nSPS) is 13.7. The molecule has 0 atom stereocenters. The lowest BCUT2D eigenvalue weighted by atomic mass is 9.65. The van der Waals surface area contributed by atoms with Gasteiger partial charge in [0.1, 0.15) is 0 Å². The first-order valence-electron chi connectivity index (χ1n) is 31.5. The van der Waals surface area contributed by atoms with Crippen molar-refractivity contribution in [3.8, 4) is 76.4 Å². The number of rotatable bonds is 7. The van der Waals surface area contributed by atoms with Crippen LogP contribution < -0.4 is 9.80 Å². The lowest BCUT2D eigenvalue weighted by Crippen LogP contribution is -2.36. The Balaban J connectivity index is 0.000000139. The van der Waals surface area contributed by atoms with Gasteiger partial charge in [-0.15, -0.1) is 45.3 Å². The molecule has 15 aromatic rings. The first-order chi connectivity index (χ1) is 46.2. The van der Waals surface area contributed by atoms with Gasteiger partial charge in [-0.3, -0.25) is 4.90 Å². The van der Waals surface area contributed by atoms with Crippen molar-refractivity contribution in [2.45, 2.75) is 38.5 Å². The molecule has 19 rings (SSSR count). The second-order valence-corrected chi connectivity index (χ2v) is 28.1. The van der Waals surface area contributed by atoms with Crippen LogP contribution in [0.15, 0.2) is 264 Å². The van der Waals surface area contributed by atoms with E-state index in [1.165, 1.54) is 75.4 Å². The topological polar surface area (TPSA) is 83.8 Å². The third kappa shape index (κ3) is 8.46. The number of nitrogens with zero attached hydrogens (tertiary/aromatic N) is 8. The molecule has 2 spiro atoms. The molecule has 8 nitrogen and oxygen atoms in total. The van der Waals surface area contributed by atoms with Crippen LogP contribution in [0.2, 0.25) is 0 Å². The van der Waals surface area contributed by atoms with Crippen LogP contribution >= 0.6 is 45.3 Å². The fraction of sp³-hybridized carbons (Fsp3) is 0.0732. The number of aryl methyl sites for hydroxylation is 4. The summed E-state index contributed by atoms with van der Waals surface area (Å²) in [6.45, 7) is 8.57. The Labute approximate surface area is 561 Å². The van der Waals surface area contributed by atoms with Crippen LogP contribution in [0.1, 0.15) is 66.8 Å². The molecule has 0 saturated carbocycles. The van der Waals surface area contributed by atoms with Crippen LogP contribution in [-0.2, 0) is 10.8 Å². The summed E-state index contributed by atoms with van der Waals surface area (Å²) in [5.74, 6) is 3.92. The van der Waals surface area contributed by atoms with Gasteiger partial charge < -0.3 is 4.90 Å². The highest BCUT2D eigenvalue weighted by molar-refractivity contribution is 7.21. The molecule has 12 heteroatoms. The van der Waals surface area contributed by atoms with E-state index in [4.69, 9.17) is 29.9 Å². The van der Waals surface area contributed by atoms with Gasteiger partial charge in [-0.1, -0.05) is 181 Å². The lowest BCUT2D eigenvalue weighted by Gasteiger charge is -2.44. The summed E-state index contributed by atoms with van der Waals surface area (Å²) in [5.41, 5.74) is 25.0. The maximum Gasteiger partial charge on any atom is 0.238 e. The van der Waals surface area contributed by atoms with E-state index in [0.29, 0.717) is 35.1 Å². The smallest absolute Gasteiger partial charge is 0.238 e. The second kappa shape index (κ2) is 22.0. The fourth-order valence-corrected chi connectivity index (χ4v) is 19.2. The van der Waals surface area contributed by atoms with Crippen LogP contribution in [0, 0.1) is 27.7 Å². The fourth-order valence-electron chi connectivity index (χ4n) is 15.0. The van der Waals surface area contributed by atoms with Gasteiger partial charge in [-0.05, 0) is 178 Å². The molecule has 0 saturated heterocycles. The minimum Gasteiger partial charge on any atom is -0.310 e. The van der Waals surface area contributed by atoms with Gasteiger partial charge in [-0.2, -0.15) is 9.97 Å². The Morgan fingerprint density at radius 2 is 0.606 bits per heavy atom. The molecule has 0 bridgehead atoms. The zero-order chi connectivity index (χ0) is 62.8. The van der Waals surface area contributed by atoms with Crippen molar-refractivity contribution in [3.05, 3.63) is 331 Å². The molecule has 448 valence electrons. The van der Waals surface area contributed by atoms with Crippen LogP contribution in [0.5, 0.6) is 0 Å². The van der Waals surface area contributed by atoms with Crippen LogP contribution in [0.3, 0.4) is 0 Å². The van der Waals surface area contributed by atoms with E-state index in [0.717, 1.165) is 67.1 Å². The van der Waals surface area contributed by atoms with E-state index in [2.05, 4.69) is 265 Å².